The van der Waals surface area contributed by atoms with Crippen LogP contribution in [0.25, 0.3) is 0 Å². The van der Waals surface area contributed by atoms with Gasteiger partial charge in [0.2, 0.25) is 0 Å². The molecule has 0 atom stereocenters. The molecule has 0 aromatic heterocycles. The average Bonchev–Trinajstić information content (AvgIpc) is 2.60. The normalized spacial score (nSPS) is 11.9. The zero-order valence-corrected chi connectivity index (χ0v) is 25.8. The maximum Gasteiger partial charge on any atom is 1.00 e. The molecule has 0 spiro atoms. The molecule has 0 rings (SSSR count). The number of hydrogen-bond donors (Lipinski definition) is 0. The van der Waals surface area contributed by atoms with Crippen molar-refractivity contribution < 1.29 is 85.1 Å². The first kappa shape index (κ1) is 37.3. The van der Waals surface area contributed by atoms with Gasteiger partial charge in [0.25, 0.3) is 0 Å². The van der Waals surface area contributed by atoms with Gasteiger partial charge in [-0.25, -0.2) is 16.8 Å². The molecule has 0 aliphatic heterocycles. The van der Waals surface area contributed by atoms with Crippen molar-refractivity contribution in [1.29, 1.82) is 0 Å². The minimum absolute atomic E-state index is 0. The first-order chi connectivity index (χ1) is 13.6. The molecule has 31 heavy (non-hydrogen) atoms. The summed E-state index contributed by atoms with van der Waals surface area (Å²) in [6.07, 6.45) is 15.4. The van der Waals surface area contributed by atoms with E-state index in [1.807, 2.05) is 4.90 Å². The maximum absolute atomic E-state index is 10.7. The Labute approximate surface area is 236 Å². The summed E-state index contributed by atoms with van der Waals surface area (Å²) in [6, 6.07) is 0. The molecular formula is C20H41NNa2O6S2. The van der Waals surface area contributed by atoms with Crippen LogP contribution >= 0.6 is 0 Å². The molecule has 0 saturated heterocycles. The Balaban J connectivity index is -0.00000392. The summed E-state index contributed by atoms with van der Waals surface area (Å²) in [5, 5.41) is 0. The second kappa shape index (κ2) is 23.5. The van der Waals surface area contributed by atoms with Gasteiger partial charge >= 0.3 is 59.1 Å². The van der Waals surface area contributed by atoms with Crippen LogP contribution in [0.15, 0.2) is 0 Å². The molecule has 0 fully saturated rings. The van der Waals surface area contributed by atoms with Crippen molar-refractivity contribution >= 4 is 20.2 Å². The van der Waals surface area contributed by atoms with E-state index in [0.717, 1.165) is 25.8 Å². The SMILES string of the molecule is CCCCCCCCCCCCCCN(CCCS(=O)(=O)[O-])CCCS(=O)(=O)[O-].[Na+].[Na+]. The molecular weight excluding hydrogens is 460 g/mol. The molecule has 176 valence electrons. The monoisotopic (exact) mass is 501 g/mol. The van der Waals surface area contributed by atoms with E-state index in [2.05, 4.69) is 6.92 Å². The third kappa shape index (κ3) is 31.8. The Morgan fingerprint density at radius 3 is 1.13 bits per heavy atom. The van der Waals surface area contributed by atoms with E-state index in [-0.39, 0.29) is 72.0 Å². The smallest absolute Gasteiger partial charge is 0.748 e. The van der Waals surface area contributed by atoms with Crippen LogP contribution in [0.1, 0.15) is 96.8 Å². The molecule has 0 radical (unpaired) electrons. The Bertz CT molecular complexity index is 550. The van der Waals surface area contributed by atoms with Crippen molar-refractivity contribution in [2.24, 2.45) is 0 Å². The number of unbranched alkanes of at least 4 members (excludes halogenated alkanes) is 11. The van der Waals surface area contributed by atoms with Crippen molar-refractivity contribution in [2.75, 3.05) is 31.1 Å². The summed E-state index contributed by atoms with van der Waals surface area (Å²) in [5.41, 5.74) is 0. The summed E-state index contributed by atoms with van der Waals surface area (Å²) >= 11 is 0. The van der Waals surface area contributed by atoms with Crippen LogP contribution in [-0.2, 0) is 20.2 Å². The van der Waals surface area contributed by atoms with E-state index in [4.69, 9.17) is 0 Å². The van der Waals surface area contributed by atoms with E-state index >= 15 is 0 Å². The van der Waals surface area contributed by atoms with Gasteiger partial charge in [0.15, 0.2) is 0 Å². The molecule has 0 aromatic carbocycles. The fourth-order valence-corrected chi connectivity index (χ4v) is 4.41. The van der Waals surface area contributed by atoms with Gasteiger partial charge in [0.05, 0.1) is 20.2 Å². The molecule has 0 amide bonds. The van der Waals surface area contributed by atoms with Crippen LogP contribution in [0.3, 0.4) is 0 Å². The second-order valence-electron chi connectivity index (χ2n) is 7.96. The molecule has 0 aliphatic carbocycles. The molecule has 0 aromatic rings. The van der Waals surface area contributed by atoms with Crippen molar-refractivity contribution in [3.63, 3.8) is 0 Å². The van der Waals surface area contributed by atoms with Gasteiger partial charge in [0, 0.05) is 11.5 Å². The maximum atomic E-state index is 10.7. The van der Waals surface area contributed by atoms with Gasteiger partial charge in [-0.3, -0.25) is 0 Å². The minimum Gasteiger partial charge on any atom is -0.748 e. The van der Waals surface area contributed by atoms with Gasteiger partial charge in [0.1, 0.15) is 0 Å². The summed E-state index contributed by atoms with van der Waals surface area (Å²) in [6.45, 7) is 3.82. The van der Waals surface area contributed by atoms with Gasteiger partial charge in [-0.1, -0.05) is 77.6 Å². The van der Waals surface area contributed by atoms with E-state index in [9.17, 15) is 25.9 Å². The van der Waals surface area contributed by atoms with Crippen molar-refractivity contribution in [3.8, 4) is 0 Å². The Hall–Kier alpha value is 1.78. The van der Waals surface area contributed by atoms with Gasteiger partial charge in [-0.2, -0.15) is 0 Å². The molecule has 0 bridgehead atoms. The molecule has 0 saturated carbocycles. The van der Waals surface area contributed by atoms with Crippen LogP contribution in [-0.4, -0.2) is 62.0 Å². The van der Waals surface area contributed by atoms with Crippen molar-refractivity contribution in [3.05, 3.63) is 0 Å². The Morgan fingerprint density at radius 1 is 0.516 bits per heavy atom. The first-order valence-corrected chi connectivity index (χ1v) is 14.4. The van der Waals surface area contributed by atoms with E-state index in [0.29, 0.717) is 13.1 Å². The van der Waals surface area contributed by atoms with Crippen LogP contribution in [0.2, 0.25) is 0 Å². The zero-order chi connectivity index (χ0) is 22.0. The summed E-state index contributed by atoms with van der Waals surface area (Å²) < 4.78 is 64.4. The van der Waals surface area contributed by atoms with E-state index in [1.165, 1.54) is 57.8 Å². The molecule has 0 N–H and O–H groups in total. The van der Waals surface area contributed by atoms with Crippen LogP contribution in [0, 0.1) is 0 Å². The molecule has 0 heterocycles. The standard InChI is InChI=1S/C20H43NO6S2.2Na/c1-2-3-4-5-6-7-8-9-10-11-12-13-16-21(17-14-19-28(22,23)24)18-15-20-29(25,26)27;;/h2-20H2,1H3,(H,22,23,24)(H,25,26,27);;/q;2*+1/p-2. The topological polar surface area (TPSA) is 118 Å². The number of rotatable bonds is 21. The molecule has 0 unspecified atom stereocenters. The largest absolute Gasteiger partial charge is 1.00 e. The Kier molecular flexibility index (Phi) is 28.3. The Morgan fingerprint density at radius 2 is 0.806 bits per heavy atom. The third-order valence-corrected chi connectivity index (χ3v) is 6.64. The number of hydrogen-bond acceptors (Lipinski definition) is 7. The van der Waals surface area contributed by atoms with E-state index in [1.54, 1.807) is 0 Å². The van der Waals surface area contributed by atoms with Gasteiger partial charge < -0.3 is 14.0 Å². The van der Waals surface area contributed by atoms with Crippen molar-refractivity contribution in [2.45, 2.75) is 96.8 Å². The first-order valence-electron chi connectivity index (χ1n) is 11.2. The average molecular weight is 502 g/mol. The second-order valence-corrected chi connectivity index (χ2v) is 11.0. The molecule has 7 nitrogen and oxygen atoms in total. The predicted octanol–water partition coefficient (Wildman–Crippen LogP) is -2.13. The third-order valence-electron chi connectivity index (χ3n) is 5.07. The van der Waals surface area contributed by atoms with Crippen LogP contribution in [0.5, 0.6) is 0 Å². The molecule has 0 aliphatic rings. The quantitative estimate of drug-likeness (QED) is 0.100. The van der Waals surface area contributed by atoms with Crippen LogP contribution in [0.4, 0.5) is 0 Å². The van der Waals surface area contributed by atoms with Gasteiger partial charge in [-0.05, 0) is 38.9 Å². The van der Waals surface area contributed by atoms with Crippen molar-refractivity contribution in [1.82, 2.24) is 4.90 Å². The minimum atomic E-state index is -4.23. The fraction of sp³-hybridized carbons (Fsp3) is 1.00. The summed E-state index contributed by atoms with van der Waals surface area (Å²) in [4.78, 5) is 1.96. The number of nitrogens with zero attached hydrogens (tertiary/aromatic N) is 1. The fourth-order valence-electron chi connectivity index (χ4n) is 3.44. The van der Waals surface area contributed by atoms with Crippen LogP contribution < -0.4 is 59.1 Å². The van der Waals surface area contributed by atoms with E-state index < -0.39 is 31.7 Å². The zero-order valence-electron chi connectivity index (χ0n) is 20.1. The summed E-state index contributed by atoms with van der Waals surface area (Å²) in [7, 11) is -8.47. The predicted molar refractivity (Wildman–Crippen MR) is 116 cm³/mol. The molecule has 11 heteroatoms. The van der Waals surface area contributed by atoms with Gasteiger partial charge in [-0.15, -0.1) is 0 Å². The summed E-state index contributed by atoms with van der Waals surface area (Å²) in [5.74, 6) is -0.830.